The summed E-state index contributed by atoms with van der Waals surface area (Å²) < 4.78 is 11.1. The first-order valence-electron chi connectivity index (χ1n) is 9.84. The van der Waals surface area contributed by atoms with E-state index >= 15 is 0 Å². The average Bonchev–Trinajstić information content (AvgIpc) is 2.70. The number of hydrogen-bond acceptors (Lipinski definition) is 4. The SMILES string of the molecule is CCCCCCCOc1ccc(C(=O)Oc2ccc(CCC(=O)O)cc2)cc1. The fraction of sp³-hybridized carbons (Fsp3) is 0.391. The van der Waals surface area contributed by atoms with E-state index in [0.29, 0.717) is 24.3 Å². The number of carbonyl (C=O) groups is 2. The molecule has 0 aliphatic rings. The van der Waals surface area contributed by atoms with Gasteiger partial charge in [0.25, 0.3) is 0 Å². The maximum Gasteiger partial charge on any atom is 0.343 e. The first kappa shape index (κ1) is 21.5. The van der Waals surface area contributed by atoms with E-state index in [1.54, 1.807) is 48.5 Å². The maximum absolute atomic E-state index is 12.2. The Balaban J connectivity index is 1.78. The summed E-state index contributed by atoms with van der Waals surface area (Å²) >= 11 is 0. The fourth-order valence-corrected chi connectivity index (χ4v) is 2.72. The van der Waals surface area contributed by atoms with E-state index in [2.05, 4.69) is 6.92 Å². The Kier molecular flexibility index (Phi) is 9.05. The summed E-state index contributed by atoms with van der Waals surface area (Å²) in [4.78, 5) is 22.8. The van der Waals surface area contributed by atoms with Gasteiger partial charge in [-0.05, 0) is 54.8 Å². The van der Waals surface area contributed by atoms with Crippen molar-refractivity contribution < 1.29 is 24.2 Å². The van der Waals surface area contributed by atoms with Crippen molar-refractivity contribution in [3.05, 3.63) is 59.7 Å². The normalized spacial score (nSPS) is 10.5. The van der Waals surface area contributed by atoms with Crippen molar-refractivity contribution in [3.63, 3.8) is 0 Å². The van der Waals surface area contributed by atoms with Gasteiger partial charge in [0.05, 0.1) is 12.2 Å². The molecule has 1 N–H and O–H groups in total. The Morgan fingerprint density at radius 2 is 1.50 bits per heavy atom. The van der Waals surface area contributed by atoms with Crippen molar-refractivity contribution in [2.24, 2.45) is 0 Å². The molecule has 0 fully saturated rings. The zero-order valence-electron chi connectivity index (χ0n) is 16.4. The minimum absolute atomic E-state index is 0.0757. The highest BCUT2D eigenvalue weighted by Crippen LogP contribution is 2.17. The van der Waals surface area contributed by atoms with E-state index in [0.717, 1.165) is 17.7 Å². The Morgan fingerprint density at radius 1 is 0.857 bits per heavy atom. The molecule has 0 saturated heterocycles. The minimum atomic E-state index is -0.834. The number of hydrogen-bond donors (Lipinski definition) is 1. The third kappa shape index (κ3) is 7.82. The van der Waals surface area contributed by atoms with Gasteiger partial charge in [-0.3, -0.25) is 4.79 Å². The molecule has 0 saturated carbocycles. The molecule has 0 amide bonds. The van der Waals surface area contributed by atoms with Crippen molar-refractivity contribution in [2.45, 2.75) is 51.9 Å². The standard InChI is InChI=1S/C23H28O5/c1-2-3-4-5-6-17-27-20-14-10-19(11-15-20)23(26)28-21-12-7-18(8-13-21)9-16-22(24)25/h7-8,10-15H,2-6,9,16-17H2,1H3,(H,24,25). The van der Waals surface area contributed by atoms with E-state index in [-0.39, 0.29) is 6.42 Å². The van der Waals surface area contributed by atoms with Crippen molar-refractivity contribution in [1.29, 1.82) is 0 Å². The molecule has 0 bridgehead atoms. The molecule has 0 heterocycles. The Labute approximate surface area is 166 Å². The smallest absolute Gasteiger partial charge is 0.343 e. The monoisotopic (exact) mass is 384 g/mol. The van der Waals surface area contributed by atoms with Gasteiger partial charge in [-0.1, -0.05) is 44.7 Å². The first-order chi connectivity index (χ1) is 13.6. The molecule has 0 aliphatic heterocycles. The van der Waals surface area contributed by atoms with Crippen molar-refractivity contribution in [3.8, 4) is 11.5 Å². The summed E-state index contributed by atoms with van der Waals surface area (Å²) in [6.45, 7) is 2.88. The van der Waals surface area contributed by atoms with Crippen LogP contribution in [0.2, 0.25) is 0 Å². The lowest BCUT2D eigenvalue weighted by Gasteiger charge is -2.08. The third-order valence-electron chi connectivity index (χ3n) is 4.37. The van der Waals surface area contributed by atoms with Gasteiger partial charge in [0.15, 0.2) is 0 Å². The van der Waals surface area contributed by atoms with Crippen molar-refractivity contribution in [2.75, 3.05) is 6.61 Å². The Bertz CT molecular complexity index is 735. The number of benzene rings is 2. The van der Waals surface area contributed by atoms with Gasteiger partial charge < -0.3 is 14.6 Å². The fourth-order valence-electron chi connectivity index (χ4n) is 2.72. The zero-order valence-corrected chi connectivity index (χ0v) is 16.4. The van der Waals surface area contributed by atoms with E-state index in [4.69, 9.17) is 14.6 Å². The predicted octanol–water partition coefficient (Wildman–Crippen LogP) is 5.27. The molecular weight excluding hydrogens is 356 g/mol. The highest BCUT2D eigenvalue weighted by Gasteiger charge is 2.09. The number of aryl methyl sites for hydroxylation is 1. The summed E-state index contributed by atoms with van der Waals surface area (Å²) in [5.41, 5.74) is 1.34. The molecule has 0 spiro atoms. The van der Waals surface area contributed by atoms with Crippen molar-refractivity contribution >= 4 is 11.9 Å². The second kappa shape index (κ2) is 11.8. The lowest BCUT2D eigenvalue weighted by atomic mass is 10.1. The number of rotatable bonds is 12. The molecule has 28 heavy (non-hydrogen) atoms. The number of esters is 1. The first-order valence-corrected chi connectivity index (χ1v) is 9.84. The molecule has 0 unspecified atom stereocenters. The second-order valence-corrected chi connectivity index (χ2v) is 6.71. The van der Waals surface area contributed by atoms with Crippen LogP contribution in [-0.4, -0.2) is 23.7 Å². The van der Waals surface area contributed by atoms with E-state index in [1.807, 2.05) is 0 Å². The molecule has 2 aromatic rings. The van der Waals surface area contributed by atoms with Gasteiger partial charge in [0, 0.05) is 6.42 Å². The van der Waals surface area contributed by atoms with Crippen LogP contribution in [-0.2, 0) is 11.2 Å². The van der Waals surface area contributed by atoms with Crippen LogP contribution in [0, 0.1) is 0 Å². The lowest BCUT2D eigenvalue weighted by molar-refractivity contribution is -0.136. The van der Waals surface area contributed by atoms with Crippen LogP contribution in [0.15, 0.2) is 48.5 Å². The zero-order chi connectivity index (χ0) is 20.2. The van der Waals surface area contributed by atoms with Crippen LogP contribution in [0.1, 0.15) is 61.4 Å². The second-order valence-electron chi connectivity index (χ2n) is 6.71. The molecule has 150 valence electrons. The summed E-state index contributed by atoms with van der Waals surface area (Å²) in [5, 5.41) is 8.71. The van der Waals surface area contributed by atoms with Crippen LogP contribution in [0.25, 0.3) is 0 Å². The van der Waals surface area contributed by atoms with Gasteiger partial charge in [-0.25, -0.2) is 4.79 Å². The van der Waals surface area contributed by atoms with Crippen LogP contribution in [0.3, 0.4) is 0 Å². The van der Waals surface area contributed by atoms with Gasteiger partial charge in [-0.15, -0.1) is 0 Å². The van der Waals surface area contributed by atoms with E-state index in [9.17, 15) is 9.59 Å². The number of ether oxygens (including phenoxy) is 2. The van der Waals surface area contributed by atoms with Crippen LogP contribution in [0.4, 0.5) is 0 Å². The summed E-state index contributed by atoms with van der Waals surface area (Å²) in [6, 6.07) is 13.8. The third-order valence-corrected chi connectivity index (χ3v) is 4.37. The number of aliphatic carboxylic acids is 1. The van der Waals surface area contributed by atoms with Crippen molar-refractivity contribution in [1.82, 2.24) is 0 Å². The maximum atomic E-state index is 12.2. The number of carbonyl (C=O) groups excluding carboxylic acids is 1. The Hall–Kier alpha value is -2.82. The summed E-state index contributed by atoms with van der Waals surface area (Å²) in [7, 11) is 0. The lowest BCUT2D eigenvalue weighted by Crippen LogP contribution is -2.08. The molecule has 0 radical (unpaired) electrons. The number of carboxylic acid groups (broad SMARTS) is 1. The Morgan fingerprint density at radius 3 is 2.14 bits per heavy atom. The predicted molar refractivity (Wildman–Crippen MR) is 108 cm³/mol. The van der Waals surface area contributed by atoms with Crippen LogP contribution in [0.5, 0.6) is 11.5 Å². The topological polar surface area (TPSA) is 72.8 Å². The summed E-state index contributed by atoms with van der Waals surface area (Å²) in [5.74, 6) is -0.102. The quantitative estimate of drug-likeness (QED) is 0.306. The van der Waals surface area contributed by atoms with E-state index < -0.39 is 11.9 Å². The number of carboxylic acids is 1. The molecular formula is C23H28O5. The number of unbranched alkanes of at least 4 members (excludes halogenated alkanes) is 4. The van der Waals surface area contributed by atoms with Crippen LogP contribution < -0.4 is 9.47 Å². The van der Waals surface area contributed by atoms with Gasteiger partial charge in [0.1, 0.15) is 11.5 Å². The molecule has 5 nitrogen and oxygen atoms in total. The van der Waals surface area contributed by atoms with Gasteiger partial charge in [-0.2, -0.15) is 0 Å². The van der Waals surface area contributed by atoms with E-state index in [1.165, 1.54) is 25.7 Å². The molecule has 2 aromatic carbocycles. The highest BCUT2D eigenvalue weighted by atomic mass is 16.5. The largest absolute Gasteiger partial charge is 0.494 e. The molecule has 2 rings (SSSR count). The summed E-state index contributed by atoms with van der Waals surface area (Å²) in [6.07, 6.45) is 6.47. The average molecular weight is 384 g/mol. The molecule has 0 aliphatic carbocycles. The highest BCUT2D eigenvalue weighted by molar-refractivity contribution is 5.91. The van der Waals surface area contributed by atoms with Gasteiger partial charge in [0.2, 0.25) is 0 Å². The minimum Gasteiger partial charge on any atom is -0.494 e. The molecule has 5 heteroatoms. The molecule has 0 aromatic heterocycles. The molecule has 0 atom stereocenters. The van der Waals surface area contributed by atoms with Crippen LogP contribution >= 0.6 is 0 Å². The van der Waals surface area contributed by atoms with Gasteiger partial charge >= 0.3 is 11.9 Å².